The van der Waals surface area contributed by atoms with Gasteiger partial charge in [0.25, 0.3) is 0 Å². The van der Waals surface area contributed by atoms with Crippen molar-refractivity contribution in [1.82, 2.24) is 0 Å². The minimum absolute atomic E-state index is 0.597. The summed E-state index contributed by atoms with van der Waals surface area (Å²) in [6, 6.07) is 10.6. The lowest BCUT2D eigenvalue weighted by Gasteiger charge is -2.12. The first-order valence-electron chi connectivity index (χ1n) is 4.38. The van der Waals surface area contributed by atoms with Crippen LogP contribution in [0, 0.1) is 5.92 Å². The number of alkyl halides is 1. The number of benzene rings is 1. The molecule has 0 radical (unpaired) electrons. The van der Waals surface area contributed by atoms with Crippen LogP contribution in [0.4, 0.5) is 0 Å². The van der Waals surface area contributed by atoms with Crippen LogP contribution in [0.15, 0.2) is 30.3 Å². The first-order valence-corrected chi connectivity index (χ1v) is 5.29. The summed E-state index contributed by atoms with van der Waals surface area (Å²) in [4.78, 5) is 0.597. The first kappa shape index (κ1) is 9.79. The van der Waals surface area contributed by atoms with E-state index in [-0.39, 0.29) is 0 Å². The molecule has 0 nitrogen and oxygen atoms in total. The predicted octanol–water partition coefficient (Wildman–Crippen LogP) is 3.65. The van der Waals surface area contributed by atoms with Gasteiger partial charge in [-0.1, -0.05) is 60.1 Å². The first-order chi connectivity index (χ1) is 5.70. The third-order valence-corrected chi connectivity index (χ3v) is 3.38. The van der Waals surface area contributed by atoms with Gasteiger partial charge in [-0.05, 0) is 17.9 Å². The van der Waals surface area contributed by atoms with E-state index in [4.69, 9.17) is 0 Å². The quantitative estimate of drug-likeness (QED) is 0.691. The van der Waals surface area contributed by atoms with Crippen LogP contribution in [0.1, 0.15) is 19.4 Å². The van der Waals surface area contributed by atoms with E-state index in [1.807, 2.05) is 0 Å². The lowest BCUT2D eigenvalue weighted by molar-refractivity contribution is 0.613. The molecule has 0 heterocycles. The van der Waals surface area contributed by atoms with Crippen molar-refractivity contribution in [2.45, 2.75) is 25.1 Å². The van der Waals surface area contributed by atoms with E-state index in [0.29, 0.717) is 10.7 Å². The lowest BCUT2D eigenvalue weighted by Crippen LogP contribution is -2.10. The van der Waals surface area contributed by atoms with Crippen molar-refractivity contribution < 1.29 is 0 Å². The Bertz CT molecular complexity index is 216. The van der Waals surface area contributed by atoms with Gasteiger partial charge in [0.15, 0.2) is 0 Å². The highest BCUT2D eigenvalue weighted by molar-refractivity contribution is 9.09. The van der Waals surface area contributed by atoms with Crippen molar-refractivity contribution in [3.63, 3.8) is 0 Å². The molecular weight excluding hydrogens is 212 g/mol. The van der Waals surface area contributed by atoms with Crippen molar-refractivity contribution in [2.75, 3.05) is 0 Å². The van der Waals surface area contributed by atoms with Gasteiger partial charge >= 0.3 is 0 Å². The molecule has 0 bridgehead atoms. The summed E-state index contributed by atoms with van der Waals surface area (Å²) in [6.45, 7) is 4.48. The van der Waals surface area contributed by atoms with Crippen molar-refractivity contribution in [2.24, 2.45) is 5.92 Å². The third-order valence-electron chi connectivity index (χ3n) is 2.00. The van der Waals surface area contributed by atoms with E-state index >= 15 is 0 Å². The fourth-order valence-electron chi connectivity index (χ4n) is 1.07. The Balaban J connectivity index is 2.53. The van der Waals surface area contributed by atoms with E-state index in [1.165, 1.54) is 5.56 Å². The minimum atomic E-state index is 0.597. The zero-order valence-corrected chi connectivity index (χ0v) is 9.21. The molecule has 0 aliphatic heterocycles. The summed E-state index contributed by atoms with van der Waals surface area (Å²) in [5.74, 6) is 0.699. The smallest absolute Gasteiger partial charge is 0.0209 e. The number of rotatable bonds is 3. The lowest BCUT2D eigenvalue weighted by atomic mass is 10.0. The molecular formula is C11H15Br. The van der Waals surface area contributed by atoms with Crippen molar-refractivity contribution >= 4 is 15.9 Å². The van der Waals surface area contributed by atoms with Crippen LogP contribution in [0.3, 0.4) is 0 Å². The Morgan fingerprint density at radius 2 is 1.75 bits per heavy atom. The molecule has 0 saturated heterocycles. The molecule has 66 valence electrons. The van der Waals surface area contributed by atoms with Gasteiger partial charge < -0.3 is 0 Å². The molecule has 0 aliphatic carbocycles. The SMILES string of the molecule is CC(C)C(Br)Cc1ccccc1. The van der Waals surface area contributed by atoms with E-state index in [0.717, 1.165) is 6.42 Å². The molecule has 1 unspecified atom stereocenters. The van der Waals surface area contributed by atoms with Gasteiger partial charge in [0.05, 0.1) is 0 Å². The maximum absolute atomic E-state index is 3.68. The molecule has 1 heteroatoms. The molecule has 0 fully saturated rings. The summed E-state index contributed by atoms with van der Waals surface area (Å²) in [6.07, 6.45) is 1.12. The van der Waals surface area contributed by atoms with Crippen molar-refractivity contribution in [3.05, 3.63) is 35.9 Å². The van der Waals surface area contributed by atoms with Crippen LogP contribution in [-0.4, -0.2) is 4.83 Å². The molecule has 0 N–H and O–H groups in total. The van der Waals surface area contributed by atoms with Gasteiger partial charge in [0.1, 0.15) is 0 Å². The number of hydrogen-bond acceptors (Lipinski definition) is 0. The molecule has 0 aromatic heterocycles. The van der Waals surface area contributed by atoms with E-state index in [2.05, 4.69) is 60.1 Å². The van der Waals surface area contributed by atoms with Crippen LogP contribution in [0.5, 0.6) is 0 Å². The molecule has 0 amide bonds. The molecule has 12 heavy (non-hydrogen) atoms. The third kappa shape index (κ3) is 2.98. The molecule has 1 atom stereocenters. The van der Waals surface area contributed by atoms with Crippen LogP contribution in [-0.2, 0) is 6.42 Å². The summed E-state index contributed by atoms with van der Waals surface area (Å²) in [7, 11) is 0. The zero-order valence-electron chi connectivity index (χ0n) is 7.63. The van der Waals surface area contributed by atoms with Crippen LogP contribution < -0.4 is 0 Å². The second kappa shape index (κ2) is 4.66. The van der Waals surface area contributed by atoms with Crippen LogP contribution >= 0.6 is 15.9 Å². The average Bonchev–Trinajstić information content (AvgIpc) is 2.06. The van der Waals surface area contributed by atoms with Gasteiger partial charge in [0, 0.05) is 4.83 Å². The Kier molecular flexibility index (Phi) is 3.80. The zero-order chi connectivity index (χ0) is 8.97. The van der Waals surface area contributed by atoms with Gasteiger partial charge in [-0.25, -0.2) is 0 Å². The maximum Gasteiger partial charge on any atom is 0.0209 e. The van der Waals surface area contributed by atoms with Gasteiger partial charge in [-0.3, -0.25) is 0 Å². The summed E-state index contributed by atoms with van der Waals surface area (Å²) in [5.41, 5.74) is 1.41. The van der Waals surface area contributed by atoms with E-state index in [9.17, 15) is 0 Å². The molecule has 1 rings (SSSR count). The van der Waals surface area contributed by atoms with Crippen LogP contribution in [0.2, 0.25) is 0 Å². The second-order valence-electron chi connectivity index (χ2n) is 3.45. The van der Waals surface area contributed by atoms with Gasteiger partial charge in [0.2, 0.25) is 0 Å². The fourth-order valence-corrected chi connectivity index (χ4v) is 1.45. The average molecular weight is 227 g/mol. The van der Waals surface area contributed by atoms with Crippen molar-refractivity contribution in [1.29, 1.82) is 0 Å². The Labute approximate surface area is 83.1 Å². The van der Waals surface area contributed by atoms with Gasteiger partial charge in [-0.15, -0.1) is 0 Å². The standard InChI is InChI=1S/C11H15Br/c1-9(2)11(12)8-10-6-4-3-5-7-10/h3-7,9,11H,8H2,1-2H3. The molecule has 0 saturated carbocycles. The van der Waals surface area contributed by atoms with Gasteiger partial charge in [-0.2, -0.15) is 0 Å². The normalized spacial score (nSPS) is 13.3. The summed E-state index contributed by atoms with van der Waals surface area (Å²) in [5, 5.41) is 0. The van der Waals surface area contributed by atoms with Crippen molar-refractivity contribution in [3.8, 4) is 0 Å². The highest BCUT2D eigenvalue weighted by atomic mass is 79.9. The Hall–Kier alpha value is -0.300. The highest BCUT2D eigenvalue weighted by Crippen LogP contribution is 2.17. The molecule has 1 aromatic carbocycles. The maximum atomic E-state index is 3.68. The Morgan fingerprint density at radius 1 is 1.17 bits per heavy atom. The number of halogens is 1. The second-order valence-corrected chi connectivity index (χ2v) is 4.63. The minimum Gasteiger partial charge on any atom is -0.0884 e. The molecule has 0 aliphatic rings. The largest absolute Gasteiger partial charge is 0.0884 e. The van der Waals surface area contributed by atoms with E-state index in [1.54, 1.807) is 0 Å². The van der Waals surface area contributed by atoms with E-state index < -0.39 is 0 Å². The monoisotopic (exact) mass is 226 g/mol. The summed E-state index contributed by atoms with van der Waals surface area (Å²) < 4.78 is 0. The fraction of sp³-hybridized carbons (Fsp3) is 0.455. The Morgan fingerprint density at radius 3 is 2.25 bits per heavy atom. The van der Waals surface area contributed by atoms with Crippen LogP contribution in [0.25, 0.3) is 0 Å². The number of hydrogen-bond donors (Lipinski definition) is 0. The molecule has 1 aromatic rings. The predicted molar refractivity (Wildman–Crippen MR) is 57.7 cm³/mol. The highest BCUT2D eigenvalue weighted by Gasteiger charge is 2.08. The topological polar surface area (TPSA) is 0 Å². The summed E-state index contributed by atoms with van der Waals surface area (Å²) >= 11 is 3.68. The molecule has 0 spiro atoms.